The van der Waals surface area contributed by atoms with Gasteiger partial charge in [-0.1, -0.05) is 23.7 Å². The standard InChI is InChI=1S/C18H19ClN4O6/c19-12-5-3-11(4-6-12)14(22-17(20)26)8-16(25)29-10-15(24)23-18(27)21-9-13-2-1-7-28-13/h1-7,14H,8-10H2,(H3,20,22,26)(H2,21,23,24,27)/t14-/m0/s1. The fourth-order valence-electron chi connectivity index (χ4n) is 2.28. The Kier molecular flexibility index (Phi) is 8.04. The number of hydrogen-bond acceptors (Lipinski definition) is 6. The average molecular weight is 423 g/mol. The van der Waals surface area contributed by atoms with Gasteiger partial charge in [-0.15, -0.1) is 0 Å². The predicted molar refractivity (Wildman–Crippen MR) is 102 cm³/mol. The Labute approximate surface area is 170 Å². The lowest BCUT2D eigenvalue weighted by molar-refractivity contribution is -0.148. The van der Waals surface area contributed by atoms with Crippen LogP contribution >= 0.6 is 11.6 Å². The number of imide groups is 1. The molecule has 29 heavy (non-hydrogen) atoms. The van der Waals surface area contributed by atoms with E-state index >= 15 is 0 Å². The molecule has 0 bridgehead atoms. The highest BCUT2D eigenvalue weighted by Gasteiger charge is 2.19. The highest BCUT2D eigenvalue weighted by Crippen LogP contribution is 2.19. The summed E-state index contributed by atoms with van der Waals surface area (Å²) in [6.07, 6.45) is 1.17. The lowest BCUT2D eigenvalue weighted by Crippen LogP contribution is -2.41. The van der Waals surface area contributed by atoms with Crippen molar-refractivity contribution in [2.45, 2.75) is 19.0 Å². The Hall–Kier alpha value is -3.53. The van der Waals surface area contributed by atoms with E-state index in [2.05, 4.69) is 10.6 Å². The molecule has 5 N–H and O–H groups in total. The number of halogens is 1. The number of ether oxygens (including phenoxy) is 1. The predicted octanol–water partition coefficient (Wildman–Crippen LogP) is 1.60. The first kappa shape index (κ1) is 21.8. The van der Waals surface area contributed by atoms with Crippen LogP contribution in [-0.2, 0) is 20.9 Å². The average Bonchev–Trinajstić information content (AvgIpc) is 3.18. The molecule has 1 atom stereocenters. The van der Waals surface area contributed by atoms with Crippen molar-refractivity contribution in [3.63, 3.8) is 0 Å². The van der Waals surface area contributed by atoms with Crippen molar-refractivity contribution in [3.05, 3.63) is 59.0 Å². The molecule has 10 nitrogen and oxygen atoms in total. The molecule has 1 heterocycles. The highest BCUT2D eigenvalue weighted by molar-refractivity contribution is 6.30. The quantitative estimate of drug-likeness (QED) is 0.474. The maximum Gasteiger partial charge on any atom is 0.321 e. The summed E-state index contributed by atoms with van der Waals surface area (Å²) in [6, 6.07) is 7.36. The summed E-state index contributed by atoms with van der Waals surface area (Å²) in [6.45, 7) is -0.579. The Balaban J connectivity index is 1.78. The number of furan rings is 1. The summed E-state index contributed by atoms with van der Waals surface area (Å²) in [5.41, 5.74) is 5.71. The number of nitrogens with two attached hydrogens (primary N) is 1. The minimum atomic E-state index is -0.830. The number of carbonyl (C=O) groups is 4. The molecule has 1 aromatic carbocycles. The van der Waals surface area contributed by atoms with E-state index < -0.39 is 36.6 Å². The Morgan fingerprint density at radius 1 is 1.14 bits per heavy atom. The Bertz CT molecular complexity index is 854. The van der Waals surface area contributed by atoms with Gasteiger partial charge < -0.3 is 25.5 Å². The van der Waals surface area contributed by atoms with Crippen molar-refractivity contribution < 1.29 is 28.3 Å². The van der Waals surface area contributed by atoms with E-state index in [1.165, 1.54) is 6.26 Å². The van der Waals surface area contributed by atoms with Gasteiger partial charge in [0, 0.05) is 5.02 Å². The van der Waals surface area contributed by atoms with Gasteiger partial charge in [0.1, 0.15) is 5.76 Å². The molecule has 0 saturated heterocycles. The van der Waals surface area contributed by atoms with E-state index in [1.54, 1.807) is 36.4 Å². The number of hydrogen-bond donors (Lipinski definition) is 4. The van der Waals surface area contributed by atoms with Crippen molar-refractivity contribution in [1.29, 1.82) is 0 Å². The summed E-state index contributed by atoms with van der Waals surface area (Å²) in [5, 5.41) is 7.32. The van der Waals surface area contributed by atoms with Gasteiger partial charge in [-0.3, -0.25) is 14.9 Å². The molecule has 11 heteroatoms. The lowest BCUT2D eigenvalue weighted by Gasteiger charge is -2.17. The number of primary amides is 1. The molecule has 0 fully saturated rings. The van der Waals surface area contributed by atoms with Crippen LogP contribution in [0.25, 0.3) is 0 Å². The van der Waals surface area contributed by atoms with Gasteiger partial charge in [-0.05, 0) is 29.8 Å². The Morgan fingerprint density at radius 3 is 2.48 bits per heavy atom. The van der Waals surface area contributed by atoms with Gasteiger partial charge in [-0.2, -0.15) is 0 Å². The second kappa shape index (κ2) is 10.7. The zero-order chi connectivity index (χ0) is 21.2. The van der Waals surface area contributed by atoms with Crippen LogP contribution in [0.2, 0.25) is 5.02 Å². The van der Waals surface area contributed by atoms with Crippen LogP contribution in [0.4, 0.5) is 9.59 Å². The van der Waals surface area contributed by atoms with E-state index in [0.29, 0.717) is 16.3 Å². The third kappa shape index (κ3) is 7.93. The summed E-state index contributed by atoms with van der Waals surface area (Å²) in [5.74, 6) is -1.08. The SMILES string of the molecule is NC(=O)N[C@@H](CC(=O)OCC(=O)NC(=O)NCc1ccco1)c1ccc(Cl)cc1. The van der Waals surface area contributed by atoms with Crippen LogP contribution in [0, 0.1) is 0 Å². The zero-order valence-electron chi connectivity index (χ0n) is 15.1. The Morgan fingerprint density at radius 2 is 1.86 bits per heavy atom. The normalized spacial score (nSPS) is 11.2. The lowest BCUT2D eigenvalue weighted by atomic mass is 10.0. The van der Waals surface area contributed by atoms with E-state index in [-0.39, 0.29) is 13.0 Å². The minimum absolute atomic E-state index is 0.0907. The first-order valence-corrected chi connectivity index (χ1v) is 8.78. The second-order valence-electron chi connectivity index (χ2n) is 5.79. The minimum Gasteiger partial charge on any atom is -0.467 e. The van der Waals surface area contributed by atoms with Gasteiger partial charge in [0.05, 0.1) is 25.3 Å². The molecule has 2 aromatic rings. The molecule has 0 aliphatic carbocycles. The molecule has 0 saturated carbocycles. The number of urea groups is 2. The van der Waals surface area contributed by atoms with E-state index in [9.17, 15) is 19.2 Å². The monoisotopic (exact) mass is 422 g/mol. The molecular formula is C18H19ClN4O6. The summed E-state index contributed by atoms with van der Waals surface area (Å²) < 4.78 is 9.88. The number of amides is 5. The fourth-order valence-corrected chi connectivity index (χ4v) is 2.40. The number of rotatable bonds is 8. The molecule has 1 aromatic heterocycles. The molecule has 0 radical (unpaired) electrons. The van der Waals surface area contributed by atoms with E-state index in [4.69, 9.17) is 26.5 Å². The van der Waals surface area contributed by atoms with Crippen molar-refractivity contribution >= 4 is 35.5 Å². The molecule has 0 aliphatic heterocycles. The van der Waals surface area contributed by atoms with E-state index in [0.717, 1.165) is 0 Å². The maximum absolute atomic E-state index is 12.0. The van der Waals surface area contributed by atoms with Crippen LogP contribution < -0.4 is 21.7 Å². The first-order chi connectivity index (χ1) is 13.8. The van der Waals surface area contributed by atoms with Gasteiger partial charge >= 0.3 is 18.0 Å². The van der Waals surface area contributed by atoms with Gasteiger partial charge in [0.15, 0.2) is 6.61 Å². The number of nitrogens with one attached hydrogen (secondary N) is 3. The summed E-state index contributed by atoms with van der Waals surface area (Å²) in [7, 11) is 0. The van der Waals surface area contributed by atoms with Crippen LogP contribution in [0.15, 0.2) is 47.1 Å². The zero-order valence-corrected chi connectivity index (χ0v) is 15.9. The van der Waals surface area contributed by atoms with Gasteiger partial charge in [-0.25, -0.2) is 9.59 Å². The molecule has 0 unspecified atom stereocenters. The van der Waals surface area contributed by atoms with Crippen LogP contribution in [0.5, 0.6) is 0 Å². The number of carbonyl (C=O) groups excluding carboxylic acids is 4. The van der Waals surface area contributed by atoms with Gasteiger partial charge in [0.25, 0.3) is 5.91 Å². The van der Waals surface area contributed by atoms with Crippen molar-refractivity contribution in [2.75, 3.05) is 6.61 Å². The van der Waals surface area contributed by atoms with Crippen molar-refractivity contribution in [1.82, 2.24) is 16.0 Å². The maximum atomic E-state index is 12.0. The van der Waals surface area contributed by atoms with Crippen LogP contribution in [-0.4, -0.2) is 30.5 Å². The fraction of sp³-hybridized carbons (Fsp3) is 0.222. The third-order valence-electron chi connectivity index (χ3n) is 3.58. The topological polar surface area (TPSA) is 153 Å². The molecule has 0 spiro atoms. The largest absolute Gasteiger partial charge is 0.467 e. The van der Waals surface area contributed by atoms with Gasteiger partial charge in [0.2, 0.25) is 0 Å². The first-order valence-electron chi connectivity index (χ1n) is 8.40. The molecule has 154 valence electrons. The van der Waals surface area contributed by atoms with Crippen LogP contribution in [0.1, 0.15) is 23.8 Å². The number of benzene rings is 1. The van der Waals surface area contributed by atoms with Crippen molar-refractivity contribution in [3.8, 4) is 0 Å². The molecule has 2 rings (SSSR count). The molecular weight excluding hydrogens is 404 g/mol. The molecule has 0 aliphatic rings. The second-order valence-corrected chi connectivity index (χ2v) is 6.22. The summed E-state index contributed by atoms with van der Waals surface area (Å²) in [4.78, 5) is 46.5. The van der Waals surface area contributed by atoms with Crippen LogP contribution in [0.3, 0.4) is 0 Å². The number of esters is 1. The smallest absolute Gasteiger partial charge is 0.321 e. The van der Waals surface area contributed by atoms with Crippen molar-refractivity contribution in [2.24, 2.45) is 5.73 Å². The highest BCUT2D eigenvalue weighted by atomic mass is 35.5. The molecule has 5 amide bonds. The summed E-state index contributed by atoms with van der Waals surface area (Å²) >= 11 is 5.82. The van der Waals surface area contributed by atoms with E-state index in [1.807, 2.05) is 5.32 Å². The third-order valence-corrected chi connectivity index (χ3v) is 3.83.